The summed E-state index contributed by atoms with van der Waals surface area (Å²) in [5.41, 5.74) is 0. The molecule has 0 saturated heterocycles. The number of aliphatic imine (C=N–C) groups is 1. The van der Waals surface area contributed by atoms with E-state index in [4.69, 9.17) is 0 Å². The molecule has 10 heavy (non-hydrogen) atoms. The first-order valence-corrected chi connectivity index (χ1v) is 3.92. The Morgan fingerprint density at radius 3 is 2.80 bits per heavy atom. The van der Waals surface area contributed by atoms with Crippen LogP contribution in [0.5, 0.6) is 0 Å². The molecule has 0 aromatic carbocycles. The van der Waals surface area contributed by atoms with Crippen LogP contribution in [0.3, 0.4) is 0 Å². The van der Waals surface area contributed by atoms with Gasteiger partial charge in [0.1, 0.15) is 0 Å². The monoisotopic (exact) mass is 139 g/mol. The van der Waals surface area contributed by atoms with Crippen molar-refractivity contribution in [3.8, 4) is 0 Å². The van der Waals surface area contributed by atoms with Gasteiger partial charge in [-0.25, -0.2) is 0 Å². The molecule has 0 unspecified atom stereocenters. The lowest BCUT2D eigenvalue weighted by atomic mass is 10.1. The fraction of sp³-hybridized carbons (Fsp3) is 0.667. The van der Waals surface area contributed by atoms with E-state index in [0.29, 0.717) is 5.92 Å². The second-order valence-electron chi connectivity index (χ2n) is 2.49. The van der Waals surface area contributed by atoms with Crippen molar-refractivity contribution in [2.24, 2.45) is 10.9 Å². The Balaban J connectivity index is 3.32. The summed E-state index contributed by atoms with van der Waals surface area (Å²) in [7, 11) is 0. The van der Waals surface area contributed by atoms with E-state index in [0.717, 1.165) is 13.0 Å². The van der Waals surface area contributed by atoms with E-state index in [1.165, 1.54) is 6.42 Å². The molecule has 0 aliphatic rings. The highest BCUT2D eigenvalue weighted by Crippen LogP contribution is 2.02. The van der Waals surface area contributed by atoms with Crippen LogP contribution in [0.25, 0.3) is 0 Å². The highest BCUT2D eigenvalue weighted by Gasteiger charge is 1.93. The third kappa shape index (κ3) is 5.54. The van der Waals surface area contributed by atoms with E-state index in [2.05, 4.69) is 25.4 Å². The lowest BCUT2D eigenvalue weighted by molar-refractivity contribution is 0.704. The zero-order chi connectivity index (χ0) is 7.82. The number of allylic oxidation sites excluding steroid dienone is 1. The zero-order valence-corrected chi connectivity index (χ0v) is 7.01. The van der Waals surface area contributed by atoms with Crippen LogP contribution in [-0.2, 0) is 0 Å². The molecular weight excluding hydrogens is 122 g/mol. The molecule has 0 spiro atoms. The van der Waals surface area contributed by atoms with Crippen molar-refractivity contribution < 1.29 is 0 Å². The van der Waals surface area contributed by atoms with Crippen molar-refractivity contribution in [1.82, 2.24) is 0 Å². The van der Waals surface area contributed by atoms with Crippen molar-refractivity contribution in [2.75, 3.05) is 6.54 Å². The predicted molar refractivity (Wildman–Crippen MR) is 47.6 cm³/mol. The van der Waals surface area contributed by atoms with Gasteiger partial charge < -0.3 is 0 Å². The molecule has 0 fully saturated rings. The molecule has 0 saturated carbocycles. The van der Waals surface area contributed by atoms with Gasteiger partial charge in [-0.15, -0.1) is 6.58 Å². The second-order valence-corrected chi connectivity index (χ2v) is 2.49. The Bertz CT molecular complexity index is 105. The van der Waals surface area contributed by atoms with E-state index < -0.39 is 0 Å². The van der Waals surface area contributed by atoms with Gasteiger partial charge in [0.05, 0.1) is 0 Å². The van der Waals surface area contributed by atoms with E-state index in [-0.39, 0.29) is 0 Å². The predicted octanol–water partition coefficient (Wildman–Crippen LogP) is 2.68. The molecule has 0 amide bonds. The Hall–Kier alpha value is -0.590. The first-order valence-electron chi connectivity index (χ1n) is 3.92. The van der Waals surface area contributed by atoms with E-state index in [9.17, 15) is 0 Å². The normalized spacial score (nSPS) is 13.8. The van der Waals surface area contributed by atoms with Crippen molar-refractivity contribution in [3.63, 3.8) is 0 Å². The van der Waals surface area contributed by atoms with Gasteiger partial charge in [-0.05, 0) is 25.7 Å². The van der Waals surface area contributed by atoms with Gasteiger partial charge in [-0.3, -0.25) is 4.99 Å². The smallest absolute Gasteiger partial charge is 0.0357 e. The fourth-order valence-corrected chi connectivity index (χ4v) is 0.741. The number of hydrogen-bond acceptors (Lipinski definition) is 1. The molecular formula is C9H17N. The molecule has 1 atom stereocenters. The van der Waals surface area contributed by atoms with Crippen LogP contribution in [0.15, 0.2) is 17.6 Å². The van der Waals surface area contributed by atoms with E-state index in [1.807, 2.05) is 12.3 Å². The molecule has 0 aliphatic carbocycles. The van der Waals surface area contributed by atoms with Crippen LogP contribution in [0.4, 0.5) is 0 Å². The number of rotatable bonds is 5. The molecule has 0 aromatic heterocycles. The summed E-state index contributed by atoms with van der Waals surface area (Å²) < 4.78 is 0. The van der Waals surface area contributed by atoms with Crippen LogP contribution in [0.2, 0.25) is 0 Å². The minimum Gasteiger partial charge on any atom is -0.298 e. The molecule has 58 valence electrons. The highest BCUT2D eigenvalue weighted by molar-refractivity contribution is 5.59. The minimum atomic E-state index is 0.609. The summed E-state index contributed by atoms with van der Waals surface area (Å²) in [5, 5.41) is 0. The van der Waals surface area contributed by atoms with Crippen molar-refractivity contribution in [1.29, 1.82) is 0 Å². The molecule has 0 N–H and O–H groups in total. The van der Waals surface area contributed by atoms with Crippen LogP contribution in [0.1, 0.15) is 26.7 Å². The first-order chi connectivity index (χ1) is 4.81. The number of hydrogen-bond donors (Lipinski definition) is 0. The zero-order valence-electron chi connectivity index (χ0n) is 7.01. The highest BCUT2D eigenvalue weighted by atomic mass is 14.7. The third-order valence-electron chi connectivity index (χ3n) is 1.37. The van der Waals surface area contributed by atoms with Gasteiger partial charge in [0.25, 0.3) is 0 Å². The molecule has 0 rings (SSSR count). The quantitative estimate of drug-likeness (QED) is 0.410. The second kappa shape index (κ2) is 6.53. The average molecular weight is 139 g/mol. The fourth-order valence-electron chi connectivity index (χ4n) is 0.741. The molecule has 0 heterocycles. The number of nitrogens with zero attached hydrogens (tertiary/aromatic N) is 1. The molecule has 0 bridgehead atoms. The van der Waals surface area contributed by atoms with Crippen molar-refractivity contribution in [2.45, 2.75) is 26.7 Å². The summed E-state index contributed by atoms with van der Waals surface area (Å²) in [6, 6.07) is 0. The van der Waals surface area contributed by atoms with Crippen LogP contribution in [-0.4, -0.2) is 12.8 Å². The maximum atomic E-state index is 4.17. The summed E-state index contributed by atoms with van der Waals surface area (Å²) in [6.07, 6.45) is 6.25. The topological polar surface area (TPSA) is 12.4 Å². The lowest BCUT2D eigenvalue weighted by Crippen LogP contribution is -1.94. The van der Waals surface area contributed by atoms with Gasteiger partial charge in [0.15, 0.2) is 0 Å². The van der Waals surface area contributed by atoms with Crippen LogP contribution in [0, 0.1) is 5.92 Å². The first kappa shape index (κ1) is 9.41. The molecule has 1 nitrogen and oxygen atoms in total. The van der Waals surface area contributed by atoms with Gasteiger partial charge in [0.2, 0.25) is 0 Å². The van der Waals surface area contributed by atoms with Gasteiger partial charge >= 0.3 is 0 Å². The summed E-state index contributed by atoms with van der Waals surface area (Å²) in [6.45, 7) is 8.81. The van der Waals surface area contributed by atoms with Crippen molar-refractivity contribution in [3.05, 3.63) is 12.7 Å². The Kier molecular flexibility index (Phi) is 6.14. The average Bonchev–Trinajstić information content (AvgIpc) is 1.97. The lowest BCUT2D eigenvalue weighted by Gasteiger charge is -2.00. The molecule has 0 aromatic rings. The van der Waals surface area contributed by atoms with Crippen molar-refractivity contribution >= 4 is 6.21 Å². The van der Waals surface area contributed by atoms with Crippen LogP contribution < -0.4 is 0 Å². The molecule has 0 radical (unpaired) electrons. The summed E-state index contributed by atoms with van der Waals surface area (Å²) in [5.74, 6) is 0.609. The van der Waals surface area contributed by atoms with E-state index >= 15 is 0 Å². The van der Waals surface area contributed by atoms with Gasteiger partial charge in [-0.1, -0.05) is 13.0 Å². The molecule has 0 aliphatic heterocycles. The maximum absolute atomic E-state index is 4.17. The van der Waals surface area contributed by atoms with Crippen LogP contribution >= 0.6 is 0 Å². The van der Waals surface area contributed by atoms with Gasteiger partial charge in [-0.2, -0.15) is 0 Å². The maximum Gasteiger partial charge on any atom is 0.0357 e. The standard InChI is InChI=1S/C9H17N/c1-4-6-7-9(3)8-10-5-2/h4,8-9H,1,5-7H2,2-3H3/t9-/m0/s1. The van der Waals surface area contributed by atoms with Gasteiger partial charge in [0, 0.05) is 12.8 Å². The minimum absolute atomic E-state index is 0.609. The SMILES string of the molecule is C=CCC[C@H](C)C=NCC. The molecule has 1 heteroatoms. The summed E-state index contributed by atoms with van der Waals surface area (Å²) in [4.78, 5) is 4.17. The Morgan fingerprint density at radius 1 is 1.60 bits per heavy atom. The summed E-state index contributed by atoms with van der Waals surface area (Å²) >= 11 is 0. The van der Waals surface area contributed by atoms with E-state index in [1.54, 1.807) is 0 Å². The largest absolute Gasteiger partial charge is 0.298 e. The Morgan fingerprint density at radius 2 is 2.30 bits per heavy atom. The Labute approximate surface area is 63.9 Å². The third-order valence-corrected chi connectivity index (χ3v) is 1.37.